The first-order valence-electron chi connectivity index (χ1n) is 11.8. The number of benzene rings is 1. The number of hydrogen-bond acceptors (Lipinski definition) is 5. The summed E-state index contributed by atoms with van der Waals surface area (Å²) in [7, 11) is 1.80. The van der Waals surface area contributed by atoms with Crippen LogP contribution in [0.2, 0.25) is 5.02 Å². The molecular formula is C26H36ClN3O3. The second-order valence-electron chi connectivity index (χ2n) is 9.47. The van der Waals surface area contributed by atoms with Gasteiger partial charge >= 0.3 is 5.97 Å². The Bertz CT molecular complexity index is 911. The summed E-state index contributed by atoms with van der Waals surface area (Å²) in [4.78, 5) is 18.2. The number of rotatable bonds is 10. The van der Waals surface area contributed by atoms with E-state index in [0.29, 0.717) is 28.9 Å². The van der Waals surface area contributed by atoms with Gasteiger partial charge in [-0.15, -0.1) is 0 Å². The van der Waals surface area contributed by atoms with Crippen LogP contribution in [0.25, 0.3) is 0 Å². The topological polar surface area (TPSA) is 74.7 Å². The highest BCUT2D eigenvalue weighted by atomic mass is 35.5. The van der Waals surface area contributed by atoms with Gasteiger partial charge in [0.25, 0.3) is 0 Å². The zero-order chi connectivity index (χ0) is 24.0. The third-order valence-electron chi connectivity index (χ3n) is 6.35. The number of ether oxygens (including phenoxy) is 1. The van der Waals surface area contributed by atoms with E-state index in [-0.39, 0.29) is 12.3 Å². The van der Waals surface area contributed by atoms with Crippen molar-refractivity contribution in [2.45, 2.75) is 70.9 Å². The first-order valence-corrected chi connectivity index (χ1v) is 12.2. The van der Waals surface area contributed by atoms with E-state index in [1.807, 2.05) is 19.1 Å². The lowest BCUT2D eigenvalue weighted by Gasteiger charge is -2.40. The molecule has 1 saturated carbocycles. The van der Waals surface area contributed by atoms with Gasteiger partial charge < -0.3 is 20.1 Å². The zero-order valence-electron chi connectivity index (χ0n) is 20.1. The Morgan fingerprint density at radius 3 is 2.52 bits per heavy atom. The van der Waals surface area contributed by atoms with Crippen molar-refractivity contribution < 1.29 is 14.6 Å². The van der Waals surface area contributed by atoms with Crippen LogP contribution in [0.15, 0.2) is 36.5 Å². The fourth-order valence-corrected chi connectivity index (χ4v) is 4.72. The number of methoxy groups -OCH3 is 1. The number of aliphatic carboxylic acids is 1. The van der Waals surface area contributed by atoms with Crippen LogP contribution in [0.5, 0.6) is 0 Å². The molecule has 1 atom stereocenters. The number of halogens is 1. The van der Waals surface area contributed by atoms with Crippen molar-refractivity contribution in [1.82, 2.24) is 4.98 Å². The largest absolute Gasteiger partial charge is 0.481 e. The molecular weight excluding hydrogens is 438 g/mol. The maximum atomic E-state index is 11.3. The molecule has 0 bridgehead atoms. The van der Waals surface area contributed by atoms with E-state index in [9.17, 15) is 9.90 Å². The molecule has 0 spiro atoms. The fourth-order valence-electron chi connectivity index (χ4n) is 4.61. The zero-order valence-corrected chi connectivity index (χ0v) is 20.8. The molecule has 180 valence electrons. The van der Waals surface area contributed by atoms with E-state index < -0.39 is 5.97 Å². The SMILES string of the molecule is COC1CCC(N(CC(C)C)c2ccc([C@H](C)CC(=O)O)cc2Nc2ccc(Cl)cn2)CC1. The van der Waals surface area contributed by atoms with Crippen LogP contribution in [0.4, 0.5) is 17.2 Å². The molecule has 3 rings (SSSR count). The number of pyridine rings is 1. The third kappa shape index (κ3) is 7.08. The Balaban J connectivity index is 1.98. The van der Waals surface area contributed by atoms with Crippen molar-refractivity contribution in [3.63, 3.8) is 0 Å². The van der Waals surface area contributed by atoms with Crippen molar-refractivity contribution in [2.24, 2.45) is 5.92 Å². The summed E-state index contributed by atoms with van der Waals surface area (Å²) in [6, 6.07) is 10.4. The normalized spacial score (nSPS) is 19.3. The number of aromatic nitrogens is 1. The number of carboxylic acids is 1. The number of anilines is 3. The van der Waals surface area contributed by atoms with Gasteiger partial charge in [-0.3, -0.25) is 4.79 Å². The molecule has 1 heterocycles. The van der Waals surface area contributed by atoms with Crippen LogP contribution in [0, 0.1) is 5.92 Å². The first kappa shape index (κ1) is 25.3. The van der Waals surface area contributed by atoms with Crippen molar-refractivity contribution >= 4 is 34.8 Å². The summed E-state index contributed by atoms with van der Waals surface area (Å²) >= 11 is 6.03. The van der Waals surface area contributed by atoms with Crippen LogP contribution in [0.3, 0.4) is 0 Å². The summed E-state index contributed by atoms with van der Waals surface area (Å²) in [5, 5.41) is 13.3. The molecule has 0 saturated heterocycles. The number of nitrogens with one attached hydrogen (secondary N) is 1. The van der Waals surface area contributed by atoms with Gasteiger partial charge in [0.05, 0.1) is 28.9 Å². The number of carbonyl (C=O) groups is 1. The first-order chi connectivity index (χ1) is 15.8. The minimum atomic E-state index is -0.795. The standard InChI is InChI=1S/C26H36ClN3O3/c1-17(2)16-30(21-7-9-22(33-4)10-8-21)24-11-5-19(18(3)13-26(31)32)14-23(24)29-25-12-6-20(27)15-28-25/h5-6,11-12,14-15,17-18,21-22H,7-10,13,16H2,1-4H3,(H,28,29)(H,31,32)/t18-,21?,22?/m1/s1. The third-order valence-corrected chi connectivity index (χ3v) is 6.57. The van der Waals surface area contributed by atoms with Crippen LogP contribution in [-0.4, -0.2) is 41.9 Å². The summed E-state index contributed by atoms with van der Waals surface area (Å²) in [6.45, 7) is 7.37. The molecule has 0 radical (unpaired) electrons. The average Bonchev–Trinajstić information content (AvgIpc) is 2.78. The minimum Gasteiger partial charge on any atom is -0.481 e. The summed E-state index contributed by atoms with van der Waals surface area (Å²) in [5.74, 6) is 0.316. The maximum absolute atomic E-state index is 11.3. The average molecular weight is 474 g/mol. The Kier molecular flexibility index (Phi) is 8.98. The molecule has 1 aliphatic carbocycles. The molecule has 6 nitrogen and oxygen atoms in total. The number of hydrogen-bond donors (Lipinski definition) is 2. The van der Waals surface area contributed by atoms with E-state index in [1.165, 1.54) is 0 Å². The van der Waals surface area contributed by atoms with Gasteiger partial charge in [0.15, 0.2) is 0 Å². The van der Waals surface area contributed by atoms with Crippen LogP contribution >= 0.6 is 11.6 Å². The van der Waals surface area contributed by atoms with Gasteiger partial charge in [0.2, 0.25) is 0 Å². The highest BCUT2D eigenvalue weighted by Crippen LogP contribution is 2.37. The Hall–Kier alpha value is -2.31. The Morgan fingerprint density at radius 2 is 1.94 bits per heavy atom. The van der Waals surface area contributed by atoms with Gasteiger partial charge in [0, 0.05) is 25.9 Å². The molecule has 7 heteroatoms. The second-order valence-corrected chi connectivity index (χ2v) is 9.91. The van der Waals surface area contributed by atoms with E-state index >= 15 is 0 Å². The molecule has 0 aliphatic heterocycles. The highest BCUT2D eigenvalue weighted by molar-refractivity contribution is 6.30. The van der Waals surface area contributed by atoms with Crippen molar-refractivity contribution in [1.29, 1.82) is 0 Å². The Morgan fingerprint density at radius 1 is 1.21 bits per heavy atom. The van der Waals surface area contributed by atoms with E-state index in [1.54, 1.807) is 13.3 Å². The van der Waals surface area contributed by atoms with E-state index in [2.05, 4.69) is 47.2 Å². The second kappa shape index (κ2) is 11.7. The van der Waals surface area contributed by atoms with Gasteiger partial charge in [0.1, 0.15) is 5.82 Å². The quantitative estimate of drug-likeness (QED) is 0.411. The minimum absolute atomic E-state index is 0.0917. The molecule has 1 aromatic carbocycles. The summed E-state index contributed by atoms with van der Waals surface area (Å²) < 4.78 is 5.59. The van der Waals surface area contributed by atoms with Gasteiger partial charge in [-0.05, 0) is 67.3 Å². The monoisotopic (exact) mass is 473 g/mol. The van der Waals surface area contributed by atoms with Crippen LogP contribution < -0.4 is 10.2 Å². The molecule has 2 N–H and O–H groups in total. The lowest BCUT2D eigenvalue weighted by molar-refractivity contribution is -0.137. The molecule has 1 fully saturated rings. The van der Waals surface area contributed by atoms with Crippen molar-refractivity contribution in [3.8, 4) is 0 Å². The molecule has 0 unspecified atom stereocenters. The Labute approximate surface area is 202 Å². The smallest absolute Gasteiger partial charge is 0.303 e. The number of nitrogens with zero attached hydrogens (tertiary/aromatic N) is 2. The van der Waals surface area contributed by atoms with E-state index in [0.717, 1.165) is 49.2 Å². The van der Waals surface area contributed by atoms with Gasteiger partial charge in [-0.1, -0.05) is 38.4 Å². The summed E-state index contributed by atoms with van der Waals surface area (Å²) in [5.41, 5.74) is 3.05. The van der Waals surface area contributed by atoms with E-state index in [4.69, 9.17) is 16.3 Å². The van der Waals surface area contributed by atoms with Crippen LogP contribution in [0.1, 0.15) is 64.4 Å². The highest BCUT2D eigenvalue weighted by Gasteiger charge is 2.28. The van der Waals surface area contributed by atoms with Crippen molar-refractivity contribution in [2.75, 3.05) is 23.9 Å². The number of carboxylic acid groups (broad SMARTS) is 1. The van der Waals surface area contributed by atoms with Crippen LogP contribution in [-0.2, 0) is 9.53 Å². The fraction of sp³-hybridized carbons (Fsp3) is 0.538. The molecule has 0 amide bonds. The molecule has 1 aromatic heterocycles. The maximum Gasteiger partial charge on any atom is 0.303 e. The van der Waals surface area contributed by atoms with Crippen molar-refractivity contribution in [3.05, 3.63) is 47.1 Å². The lowest BCUT2D eigenvalue weighted by atomic mass is 9.90. The lowest BCUT2D eigenvalue weighted by Crippen LogP contribution is -2.41. The van der Waals surface area contributed by atoms with Gasteiger partial charge in [-0.2, -0.15) is 0 Å². The summed E-state index contributed by atoms with van der Waals surface area (Å²) in [6.07, 6.45) is 6.35. The molecule has 33 heavy (non-hydrogen) atoms. The predicted molar refractivity (Wildman–Crippen MR) is 135 cm³/mol. The molecule has 1 aliphatic rings. The predicted octanol–water partition coefficient (Wildman–Crippen LogP) is 6.48. The molecule has 2 aromatic rings. The van der Waals surface area contributed by atoms with Gasteiger partial charge in [-0.25, -0.2) is 4.98 Å².